The van der Waals surface area contributed by atoms with Crippen LogP contribution in [-0.4, -0.2) is 37.6 Å². The van der Waals surface area contributed by atoms with Gasteiger partial charge in [0, 0.05) is 25.0 Å². The minimum Gasteiger partial charge on any atom is -0.493 e. The smallest absolute Gasteiger partial charge is 0.349 e. The van der Waals surface area contributed by atoms with E-state index in [0.717, 1.165) is 36.6 Å². The van der Waals surface area contributed by atoms with Gasteiger partial charge in [-0.05, 0) is 43.0 Å². The van der Waals surface area contributed by atoms with E-state index in [1.165, 1.54) is 11.8 Å². The zero-order chi connectivity index (χ0) is 22.1. The first kappa shape index (κ1) is 20.5. The van der Waals surface area contributed by atoms with Crippen molar-refractivity contribution in [1.82, 2.24) is 10.3 Å². The second-order valence-corrected chi connectivity index (χ2v) is 8.94. The maximum absolute atomic E-state index is 12.7. The molecule has 1 aliphatic rings. The molecule has 1 aliphatic heterocycles. The van der Waals surface area contributed by atoms with E-state index in [-0.39, 0.29) is 5.56 Å². The number of carbonyl (C=O) groups is 1. The molecule has 1 fully saturated rings. The summed E-state index contributed by atoms with van der Waals surface area (Å²) in [4.78, 5) is 32.1. The van der Waals surface area contributed by atoms with Gasteiger partial charge < -0.3 is 19.4 Å². The molecule has 2 aromatic heterocycles. The SMILES string of the molecule is COc1cccc2cc(C(=O)NCC3CCN(c4nc5ccccc5s4)CC3)c(=O)oc12. The Morgan fingerprint density at radius 3 is 2.81 bits per heavy atom. The van der Waals surface area contributed by atoms with Gasteiger partial charge >= 0.3 is 5.63 Å². The minimum absolute atomic E-state index is 0.0117. The van der Waals surface area contributed by atoms with E-state index in [4.69, 9.17) is 14.1 Å². The number of carbonyl (C=O) groups excluding carboxylic acids is 1. The predicted octanol–water partition coefficient (Wildman–Crippen LogP) is 4.06. The monoisotopic (exact) mass is 449 g/mol. The third-order valence-electron chi connectivity index (χ3n) is 5.91. The van der Waals surface area contributed by atoms with Gasteiger partial charge in [0.15, 0.2) is 16.5 Å². The van der Waals surface area contributed by atoms with Crippen LogP contribution in [0, 0.1) is 5.92 Å². The predicted molar refractivity (Wildman–Crippen MR) is 126 cm³/mol. The average Bonchev–Trinajstić information content (AvgIpc) is 3.26. The zero-order valence-corrected chi connectivity index (χ0v) is 18.5. The molecule has 164 valence electrons. The number of anilines is 1. The highest BCUT2D eigenvalue weighted by Gasteiger charge is 2.23. The summed E-state index contributed by atoms with van der Waals surface area (Å²) in [5.41, 5.74) is 0.732. The summed E-state index contributed by atoms with van der Waals surface area (Å²) in [6.45, 7) is 2.33. The third kappa shape index (κ3) is 3.93. The van der Waals surface area contributed by atoms with Gasteiger partial charge in [0.25, 0.3) is 5.91 Å². The van der Waals surface area contributed by atoms with Crippen LogP contribution in [0.25, 0.3) is 21.2 Å². The first-order valence-corrected chi connectivity index (χ1v) is 11.4. The van der Waals surface area contributed by atoms with Crippen molar-refractivity contribution in [2.45, 2.75) is 12.8 Å². The fourth-order valence-electron chi connectivity index (χ4n) is 4.09. The van der Waals surface area contributed by atoms with E-state index < -0.39 is 11.5 Å². The first-order valence-electron chi connectivity index (χ1n) is 10.6. The molecule has 3 heterocycles. The van der Waals surface area contributed by atoms with Gasteiger partial charge in [-0.2, -0.15) is 0 Å². The Hall–Kier alpha value is -3.39. The number of amides is 1. The number of ether oxygens (including phenoxy) is 1. The highest BCUT2D eigenvalue weighted by Crippen LogP contribution is 2.31. The number of nitrogens with one attached hydrogen (secondary N) is 1. The standard InChI is InChI=1S/C24H23N3O4S/c1-30-19-7-4-5-16-13-17(23(29)31-21(16)19)22(28)25-14-15-9-11-27(12-10-15)24-26-18-6-2-3-8-20(18)32-24/h2-8,13,15H,9-12,14H2,1H3,(H,25,28). The number of hydrogen-bond donors (Lipinski definition) is 1. The van der Waals surface area contributed by atoms with Crippen LogP contribution in [0.5, 0.6) is 5.75 Å². The summed E-state index contributed by atoms with van der Waals surface area (Å²) in [6, 6.07) is 15.0. The molecule has 1 N–H and O–H groups in total. The average molecular weight is 450 g/mol. The van der Waals surface area contributed by atoms with Crippen LogP contribution in [-0.2, 0) is 0 Å². The van der Waals surface area contributed by atoms with Gasteiger partial charge in [0.05, 0.1) is 17.3 Å². The Balaban J connectivity index is 1.21. The molecule has 4 aromatic rings. The maximum atomic E-state index is 12.7. The Morgan fingerprint density at radius 1 is 1.22 bits per heavy atom. The largest absolute Gasteiger partial charge is 0.493 e. The van der Waals surface area contributed by atoms with Crippen molar-refractivity contribution in [2.24, 2.45) is 5.92 Å². The van der Waals surface area contributed by atoms with Gasteiger partial charge in [0.2, 0.25) is 0 Å². The van der Waals surface area contributed by atoms with Crippen LogP contribution in [0.15, 0.2) is 57.7 Å². The van der Waals surface area contributed by atoms with Crippen LogP contribution in [0.4, 0.5) is 5.13 Å². The number of piperidine rings is 1. The van der Waals surface area contributed by atoms with Crippen molar-refractivity contribution in [1.29, 1.82) is 0 Å². The molecule has 2 aromatic carbocycles. The summed E-state index contributed by atoms with van der Waals surface area (Å²) in [6.07, 6.45) is 1.92. The van der Waals surface area contributed by atoms with E-state index >= 15 is 0 Å². The zero-order valence-electron chi connectivity index (χ0n) is 17.7. The number of nitrogens with zero attached hydrogens (tertiary/aromatic N) is 2. The lowest BCUT2D eigenvalue weighted by Gasteiger charge is -2.31. The molecule has 0 saturated carbocycles. The quantitative estimate of drug-likeness (QED) is 0.463. The number of rotatable bonds is 5. The Labute approximate surface area is 188 Å². The molecule has 8 heteroatoms. The fourth-order valence-corrected chi connectivity index (χ4v) is 5.11. The number of thiazole rings is 1. The van der Waals surface area contributed by atoms with E-state index in [9.17, 15) is 9.59 Å². The van der Waals surface area contributed by atoms with Crippen molar-refractivity contribution >= 4 is 43.6 Å². The molecule has 0 unspecified atom stereocenters. The topological polar surface area (TPSA) is 84.7 Å². The molecule has 5 rings (SSSR count). The van der Waals surface area contributed by atoms with E-state index in [0.29, 0.717) is 29.2 Å². The summed E-state index contributed by atoms with van der Waals surface area (Å²) in [5, 5.41) is 4.62. The lowest BCUT2D eigenvalue weighted by atomic mass is 9.97. The van der Waals surface area contributed by atoms with E-state index in [1.54, 1.807) is 35.6 Å². The molecule has 0 atom stereocenters. The fraction of sp³-hybridized carbons (Fsp3) is 0.292. The summed E-state index contributed by atoms with van der Waals surface area (Å²) in [7, 11) is 1.51. The van der Waals surface area contributed by atoms with Crippen molar-refractivity contribution < 1.29 is 13.9 Å². The molecule has 32 heavy (non-hydrogen) atoms. The number of hydrogen-bond acceptors (Lipinski definition) is 7. The number of methoxy groups -OCH3 is 1. The van der Waals surface area contributed by atoms with E-state index in [1.807, 2.05) is 18.2 Å². The minimum atomic E-state index is -0.662. The molecule has 0 radical (unpaired) electrons. The molecule has 1 amide bonds. The molecule has 0 bridgehead atoms. The first-order chi connectivity index (χ1) is 15.6. The van der Waals surface area contributed by atoms with E-state index in [2.05, 4.69) is 16.3 Å². The molecule has 0 spiro atoms. The van der Waals surface area contributed by atoms with Gasteiger partial charge in [-0.15, -0.1) is 0 Å². The Kier molecular flexibility index (Phi) is 5.53. The van der Waals surface area contributed by atoms with Gasteiger partial charge in [-0.25, -0.2) is 9.78 Å². The maximum Gasteiger partial charge on any atom is 0.349 e. The van der Waals surface area contributed by atoms with Crippen LogP contribution in [0.2, 0.25) is 0 Å². The number of aromatic nitrogens is 1. The van der Waals surface area contributed by atoms with Gasteiger partial charge in [-0.3, -0.25) is 4.79 Å². The summed E-state index contributed by atoms with van der Waals surface area (Å²) < 4.78 is 11.8. The van der Waals surface area contributed by atoms with Crippen molar-refractivity contribution in [3.8, 4) is 5.75 Å². The summed E-state index contributed by atoms with van der Waals surface area (Å²) >= 11 is 1.72. The number of fused-ring (bicyclic) bond motifs is 2. The highest BCUT2D eigenvalue weighted by atomic mass is 32.1. The normalized spacial score (nSPS) is 14.7. The highest BCUT2D eigenvalue weighted by molar-refractivity contribution is 7.22. The third-order valence-corrected chi connectivity index (χ3v) is 7.00. The number of benzene rings is 2. The van der Waals surface area contributed by atoms with Crippen molar-refractivity contribution in [3.05, 3.63) is 64.5 Å². The molecular formula is C24H23N3O4S. The van der Waals surface area contributed by atoms with Crippen LogP contribution in [0.1, 0.15) is 23.2 Å². The molecular weight excluding hydrogens is 426 g/mol. The Morgan fingerprint density at radius 2 is 2.03 bits per heavy atom. The molecule has 0 aliphatic carbocycles. The summed E-state index contributed by atoms with van der Waals surface area (Å²) in [5.74, 6) is 0.417. The molecule has 7 nitrogen and oxygen atoms in total. The van der Waals surface area contributed by atoms with Crippen LogP contribution in [0.3, 0.4) is 0 Å². The Bertz CT molecular complexity index is 1310. The second kappa shape index (κ2) is 8.63. The second-order valence-electron chi connectivity index (χ2n) is 7.93. The van der Waals surface area contributed by atoms with Crippen molar-refractivity contribution in [3.63, 3.8) is 0 Å². The van der Waals surface area contributed by atoms with Crippen LogP contribution < -0.4 is 20.6 Å². The molecule has 1 saturated heterocycles. The lowest BCUT2D eigenvalue weighted by molar-refractivity contribution is 0.0941. The lowest BCUT2D eigenvalue weighted by Crippen LogP contribution is -2.39. The van der Waals surface area contributed by atoms with Gasteiger partial charge in [-0.1, -0.05) is 35.6 Å². The van der Waals surface area contributed by atoms with Crippen LogP contribution >= 0.6 is 11.3 Å². The van der Waals surface area contributed by atoms with Crippen molar-refractivity contribution in [2.75, 3.05) is 31.6 Å². The number of para-hydroxylation sites is 2. The van der Waals surface area contributed by atoms with Gasteiger partial charge in [0.1, 0.15) is 5.56 Å².